The molecule has 0 spiro atoms. The molecular weight excluding hydrogens is 320 g/mol. The van der Waals surface area contributed by atoms with E-state index in [9.17, 15) is 5.11 Å². The van der Waals surface area contributed by atoms with Crippen LogP contribution in [0.25, 0.3) is 0 Å². The van der Waals surface area contributed by atoms with Crippen LogP contribution in [-0.2, 0) is 6.54 Å². The maximum absolute atomic E-state index is 10.7. The van der Waals surface area contributed by atoms with Gasteiger partial charge in [-0.05, 0) is 67.3 Å². The third-order valence-electron chi connectivity index (χ3n) is 4.67. The number of likely N-dealkylation sites (tertiary alicyclic amines) is 2. The molecule has 1 aromatic heterocycles. The highest BCUT2D eigenvalue weighted by Gasteiger charge is 2.41. The van der Waals surface area contributed by atoms with Crippen LogP contribution >= 0.6 is 15.9 Å². The molecule has 2 aliphatic heterocycles. The predicted octanol–water partition coefficient (Wildman–Crippen LogP) is 2.46. The van der Waals surface area contributed by atoms with Crippen LogP contribution in [0.3, 0.4) is 0 Å². The van der Waals surface area contributed by atoms with Gasteiger partial charge in [-0.2, -0.15) is 0 Å². The monoisotopic (exact) mass is 342 g/mol. The van der Waals surface area contributed by atoms with Crippen LogP contribution in [0.1, 0.15) is 31.9 Å². The Morgan fingerprint density at radius 2 is 2.10 bits per heavy atom. The van der Waals surface area contributed by atoms with Gasteiger partial charge < -0.3 is 9.52 Å². The third-order valence-corrected chi connectivity index (χ3v) is 5.10. The third kappa shape index (κ3) is 3.11. The quantitative estimate of drug-likeness (QED) is 0.915. The lowest BCUT2D eigenvalue weighted by molar-refractivity contribution is -0.0785. The van der Waals surface area contributed by atoms with Gasteiger partial charge in [0, 0.05) is 13.1 Å². The number of hydrogen-bond acceptors (Lipinski definition) is 4. The number of piperidine rings is 1. The Morgan fingerprint density at radius 3 is 2.75 bits per heavy atom. The molecule has 0 amide bonds. The van der Waals surface area contributed by atoms with Crippen molar-refractivity contribution in [2.75, 3.05) is 26.2 Å². The van der Waals surface area contributed by atoms with Crippen molar-refractivity contribution in [2.24, 2.45) is 0 Å². The standard InChI is InChI=1S/C15H23BrN2O2/c1-15(19)6-9-17(10-12-4-5-14(16)20-12)11-13(15)18-7-2-3-8-18/h4-5,13,19H,2-3,6-11H2,1H3/t13-,15-/m1/s1. The molecule has 2 saturated heterocycles. The molecule has 0 aromatic carbocycles. The number of furan rings is 1. The van der Waals surface area contributed by atoms with Gasteiger partial charge in [0.1, 0.15) is 5.76 Å². The normalized spacial score (nSPS) is 32.9. The fourth-order valence-corrected chi connectivity index (χ4v) is 3.79. The van der Waals surface area contributed by atoms with Gasteiger partial charge >= 0.3 is 0 Å². The molecule has 3 rings (SSSR count). The summed E-state index contributed by atoms with van der Waals surface area (Å²) < 4.78 is 6.38. The van der Waals surface area contributed by atoms with E-state index in [1.165, 1.54) is 12.8 Å². The van der Waals surface area contributed by atoms with Crippen LogP contribution in [0, 0.1) is 0 Å². The molecule has 0 saturated carbocycles. The fourth-order valence-electron chi connectivity index (χ4n) is 3.45. The number of halogens is 1. The number of rotatable bonds is 3. The molecule has 2 fully saturated rings. The molecule has 2 atom stereocenters. The summed E-state index contributed by atoms with van der Waals surface area (Å²) in [6, 6.07) is 4.20. The summed E-state index contributed by atoms with van der Waals surface area (Å²) >= 11 is 3.35. The molecule has 0 radical (unpaired) electrons. The van der Waals surface area contributed by atoms with E-state index in [2.05, 4.69) is 25.7 Å². The molecule has 3 heterocycles. The number of hydrogen-bond donors (Lipinski definition) is 1. The van der Waals surface area contributed by atoms with E-state index in [-0.39, 0.29) is 6.04 Å². The van der Waals surface area contributed by atoms with E-state index < -0.39 is 5.60 Å². The van der Waals surface area contributed by atoms with Gasteiger partial charge in [0.2, 0.25) is 0 Å². The van der Waals surface area contributed by atoms with E-state index in [0.717, 1.165) is 49.6 Å². The highest BCUT2D eigenvalue weighted by Crippen LogP contribution is 2.29. The topological polar surface area (TPSA) is 39.9 Å². The van der Waals surface area contributed by atoms with Crippen molar-refractivity contribution in [3.8, 4) is 0 Å². The minimum Gasteiger partial charge on any atom is -0.453 e. The van der Waals surface area contributed by atoms with Crippen LogP contribution in [-0.4, -0.2) is 52.7 Å². The van der Waals surface area contributed by atoms with Crippen molar-refractivity contribution in [1.29, 1.82) is 0 Å². The minimum absolute atomic E-state index is 0.247. The number of nitrogens with zero attached hydrogens (tertiary/aromatic N) is 2. The summed E-state index contributed by atoms with van der Waals surface area (Å²) in [5, 5.41) is 10.7. The molecule has 0 aliphatic carbocycles. The van der Waals surface area contributed by atoms with Crippen molar-refractivity contribution in [3.05, 3.63) is 22.6 Å². The maximum atomic E-state index is 10.7. The SMILES string of the molecule is C[C@@]1(O)CCN(Cc2ccc(Br)o2)C[C@H]1N1CCCC1. The number of aliphatic hydroxyl groups is 1. The molecule has 4 nitrogen and oxygen atoms in total. The molecule has 0 unspecified atom stereocenters. The minimum atomic E-state index is -0.565. The smallest absolute Gasteiger partial charge is 0.169 e. The average Bonchev–Trinajstić information content (AvgIpc) is 3.03. The summed E-state index contributed by atoms with van der Waals surface area (Å²) in [6.45, 7) is 6.92. The molecular formula is C15H23BrN2O2. The van der Waals surface area contributed by atoms with Crippen LogP contribution < -0.4 is 0 Å². The second-order valence-electron chi connectivity index (χ2n) is 6.31. The van der Waals surface area contributed by atoms with Crippen molar-refractivity contribution in [2.45, 2.75) is 44.4 Å². The van der Waals surface area contributed by atoms with Gasteiger partial charge in [-0.3, -0.25) is 9.80 Å². The van der Waals surface area contributed by atoms with E-state index in [1.54, 1.807) is 0 Å². The van der Waals surface area contributed by atoms with E-state index in [4.69, 9.17) is 4.42 Å². The van der Waals surface area contributed by atoms with Crippen LogP contribution in [0.2, 0.25) is 0 Å². The maximum Gasteiger partial charge on any atom is 0.169 e. The van der Waals surface area contributed by atoms with Gasteiger partial charge in [-0.1, -0.05) is 0 Å². The molecule has 1 aromatic rings. The van der Waals surface area contributed by atoms with Gasteiger partial charge in [-0.25, -0.2) is 0 Å². The lowest BCUT2D eigenvalue weighted by atomic mass is 9.87. The highest BCUT2D eigenvalue weighted by atomic mass is 79.9. The van der Waals surface area contributed by atoms with Crippen molar-refractivity contribution < 1.29 is 9.52 Å². The first kappa shape index (κ1) is 14.6. The van der Waals surface area contributed by atoms with E-state index >= 15 is 0 Å². The highest BCUT2D eigenvalue weighted by molar-refractivity contribution is 9.10. The summed E-state index contributed by atoms with van der Waals surface area (Å²) in [7, 11) is 0. The van der Waals surface area contributed by atoms with Crippen LogP contribution in [0.15, 0.2) is 21.2 Å². The first-order valence-corrected chi connectivity index (χ1v) is 8.27. The van der Waals surface area contributed by atoms with Crippen LogP contribution in [0.5, 0.6) is 0 Å². The lowest BCUT2D eigenvalue weighted by Crippen LogP contribution is -2.60. The summed E-state index contributed by atoms with van der Waals surface area (Å²) in [6.07, 6.45) is 3.35. The first-order chi connectivity index (χ1) is 9.54. The van der Waals surface area contributed by atoms with Gasteiger partial charge in [0.15, 0.2) is 4.67 Å². The van der Waals surface area contributed by atoms with Gasteiger partial charge in [0.25, 0.3) is 0 Å². The van der Waals surface area contributed by atoms with Crippen molar-refractivity contribution in [3.63, 3.8) is 0 Å². The summed E-state index contributed by atoms with van der Waals surface area (Å²) in [5.41, 5.74) is -0.565. The van der Waals surface area contributed by atoms with Gasteiger partial charge in [0.05, 0.1) is 18.2 Å². The summed E-state index contributed by atoms with van der Waals surface area (Å²) in [4.78, 5) is 4.86. The van der Waals surface area contributed by atoms with Crippen molar-refractivity contribution >= 4 is 15.9 Å². The Bertz CT molecular complexity index is 454. The van der Waals surface area contributed by atoms with Gasteiger partial charge in [-0.15, -0.1) is 0 Å². The Kier molecular flexibility index (Phi) is 4.22. The van der Waals surface area contributed by atoms with Crippen LogP contribution in [0.4, 0.5) is 0 Å². The average molecular weight is 343 g/mol. The molecule has 1 N–H and O–H groups in total. The molecule has 0 bridgehead atoms. The first-order valence-electron chi connectivity index (χ1n) is 7.47. The fraction of sp³-hybridized carbons (Fsp3) is 0.733. The zero-order valence-electron chi connectivity index (χ0n) is 12.0. The largest absolute Gasteiger partial charge is 0.453 e. The molecule has 2 aliphatic rings. The zero-order chi connectivity index (χ0) is 14.2. The molecule has 20 heavy (non-hydrogen) atoms. The van der Waals surface area contributed by atoms with E-state index in [1.807, 2.05) is 19.1 Å². The second-order valence-corrected chi connectivity index (χ2v) is 7.09. The Labute approximate surface area is 128 Å². The Hall–Kier alpha value is -0.360. The predicted molar refractivity (Wildman–Crippen MR) is 81.5 cm³/mol. The summed E-state index contributed by atoms with van der Waals surface area (Å²) in [5.74, 6) is 0.985. The lowest BCUT2D eigenvalue weighted by Gasteiger charge is -2.46. The second kappa shape index (κ2) is 5.79. The Balaban J connectivity index is 1.66. The zero-order valence-corrected chi connectivity index (χ0v) is 13.6. The van der Waals surface area contributed by atoms with Crippen molar-refractivity contribution in [1.82, 2.24) is 9.80 Å². The molecule has 5 heteroatoms. The van der Waals surface area contributed by atoms with E-state index in [0.29, 0.717) is 0 Å². The Morgan fingerprint density at radius 1 is 1.35 bits per heavy atom. The molecule has 112 valence electrons.